The lowest BCUT2D eigenvalue weighted by Crippen LogP contribution is -2.50. The number of carbonyl (C=O) groups is 2. The first-order valence-corrected chi connectivity index (χ1v) is 12.2. The van der Waals surface area contributed by atoms with Gasteiger partial charge in [0.1, 0.15) is 0 Å². The molecule has 186 valence electrons. The summed E-state index contributed by atoms with van der Waals surface area (Å²) in [6, 6.07) is 33.9. The molecule has 0 aliphatic rings. The average molecular weight is 494 g/mol. The first kappa shape index (κ1) is 25.4. The van der Waals surface area contributed by atoms with Crippen LogP contribution in [-0.2, 0) is 19.1 Å². The Bertz CT molecular complexity index is 1320. The number of hydrogen-bond donors (Lipinski definition) is 1. The van der Waals surface area contributed by atoms with Crippen molar-refractivity contribution in [1.29, 1.82) is 0 Å². The van der Waals surface area contributed by atoms with Crippen molar-refractivity contribution in [3.05, 3.63) is 115 Å². The molecule has 0 saturated carbocycles. The average Bonchev–Trinajstić information content (AvgIpc) is 2.94. The normalized spacial score (nSPS) is 11.0. The quantitative estimate of drug-likeness (QED) is 0.189. The van der Waals surface area contributed by atoms with Crippen molar-refractivity contribution >= 4 is 11.9 Å². The van der Waals surface area contributed by atoms with E-state index in [1.807, 2.05) is 78.9 Å². The second kappa shape index (κ2) is 12.3. The number of esters is 2. The van der Waals surface area contributed by atoms with Crippen molar-refractivity contribution in [2.45, 2.75) is 13.8 Å². The largest absolute Gasteiger partial charge is 0.463 e. The van der Waals surface area contributed by atoms with Gasteiger partial charge in [-0.15, -0.1) is 0 Å². The number of nitrogens with zero attached hydrogens (tertiary/aromatic N) is 1. The molecule has 6 heteroatoms. The van der Waals surface area contributed by atoms with Crippen molar-refractivity contribution < 1.29 is 23.7 Å². The lowest BCUT2D eigenvalue weighted by Gasteiger charge is -2.14. The summed E-state index contributed by atoms with van der Waals surface area (Å²) in [5, 5.41) is 0. The molecule has 1 heterocycles. The fourth-order valence-electron chi connectivity index (χ4n) is 3.92. The summed E-state index contributed by atoms with van der Waals surface area (Å²) in [6.07, 6.45) is 1.13. The van der Waals surface area contributed by atoms with Gasteiger partial charge >= 0.3 is 11.9 Å². The molecule has 0 bridgehead atoms. The lowest BCUT2D eigenvalue weighted by atomic mass is 9.99. The smallest absolute Gasteiger partial charge is 0.360 e. The van der Waals surface area contributed by atoms with Gasteiger partial charge in [0.05, 0.1) is 19.3 Å². The molecule has 4 aromatic rings. The Kier molecular flexibility index (Phi) is 8.45. The zero-order chi connectivity index (χ0) is 26.0. The third-order valence-corrected chi connectivity index (χ3v) is 5.59. The maximum absolute atomic E-state index is 12.9. The Morgan fingerprint density at radius 3 is 1.59 bits per heavy atom. The Morgan fingerprint density at radius 1 is 0.676 bits per heavy atom. The lowest BCUT2D eigenvalue weighted by molar-refractivity contribution is -0.622. The van der Waals surface area contributed by atoms with Gasteiger partial charge in [-0.25, -0.2) is 9.59 Å². The number of ether oxygens (including phenoxy) is 2. The molecule has 1 aromatic heterocycles. The summed E-state index contributed by atoms with van der Waals surface area (Å²) in [4.78, 5) is 25.2. The van der Waals surface area contributed by atoms with Crippen LogP contribution >= 0.6 is 0 Å². The minimum Gasteiger partial charge on any atom is -0.463 e. The monoisotopic (exact) mass is 493 g/mol. The molecular formula is C31H29N2O4+. The Balaban J connectivity index is 1.98. The highest BCUT2D eigenvalue weighted by molar-refractivity contribution is 5.97. The third kappa shape index (κ3) is 6.30. The molecule has 3 aromatic carbocycles. The van der Waals surface area contributed by atoms with Gasteiger partial charge in [-0.3, -0.25) is 0 Å². The molecule has 0 atom stereocenters. The van der Waals surface area contributed by atoms with Crippen molar-refractivity contribution in [1.82, 2.24) is 0 Å². The SMILES string of the molecule is CCOC(=O)/C=C(/N[n+]1c(-c2ccccc2)cc(-c2ccccc2)cc1-c1ccccc1)C(=O)OCC. The topological polar surface area (TPSA) is 68.5 Å². The van der Waals surface area contributed by atoms with E-state index in [0.717, 1.165) is 39.7 Å². The van der Waals surface area contributed by atoms with Crippen molar-refractivity contribution in [3.63, 3.8) is 0 Å². The molecule has 6 nitrogen and oxygen atoms in total. The minimum absolute atomic E-state index is 0.0351. The van der Waals surface area contributed by atoms with Crippen LogP contribution in [0.15, 0.2) is 115 Å². The van der Waals surface area contributed by atoms with Gasteiger partial charge in [0.15, 0.2) is 5.70 Å². The molecule has 0 unspecified atom stereocenters. The van der Waals surface area contributed by atoms with Crippen LogP contribution in [0.3, 0.4) is 0 Å². The second-order valence-corrected chi connectivity index (χ2v) is 8.09. The van der Waals surface area contributed by atoms with Crippen LogP contribution in [0.2, 0.25) is 0 Å². The highest BCUT2D eigenvalue weighted by Gasteiger charge is 2.27. The maximum atomic E-state index is 12.9. The molecular weight excluding hydrogens is 464 g/mol. The van der Waals surface area contributed by atoms with Gasteiger partial charge in [-0.2, -0.15) is 5.43 Å². The van der Waals surface area contributed by atoms with Gasteiger partial charge in [-0.1, -0.05) is 71.4 Å². The van der Waals surface area contributed by atoms with Crippen LogP contribution in [0.4, 0.5) is 0 Å². The highest BCUT2D eigenvalue weighted by Crippen LogP contribution is 2.29. The fraction of sp³-hybridized carbons (Fsp3) is 0.129. The molecule has 0 fully saturated rings. The molecule has 0 aliphatic carbocycles. The molecule has 0 saturated heterocycles. The summed E-state index contributed by atoms with van der Waals surface area (Å²) in [5.41, 5.74) is 8.61. The Labute approximate surface area is 216 Å². The second-order valence-electron chi connectivity index (χ2n) is 8.09. The number of aromatic nitrogens is 1. The van der Waals surface area contributed by atoms with Crippen molar-refractivity contribution in [2.75, 3.05) is 18.6 Å². The van der Waals surface area contributed by atoms with Crippen LogP contribution in [0.5, 0.6) is 0 Å². The van der Waals surface area contributed by atoms with E-state index < -0.39 is 11.9 Å². The number of hydrogen-bond acceptors (Lipinski definition) is 5. The molecule has 1 N–H and O–H groups in total. The first-order valence-electron chi connectivity index (χ1n) is 12.2. The van der Waals surface area contributed by atoms with Crippen LogP contribution < -0.4 is 10.1 Å². The first-order chi connectivity index (χ1) is 18.1. The van der Waals surface area contributed by atoms with Gasteiger partial charge in [0.2, 0.25) is 11.4 Å². The van der Waals surface area contributed by atoms with Crippen LogP contribution in [0.1, 0.15) is 13.8 Å². The number of pyridine rings is 1. The third-order valence-electron chi connectivity index (χ3n) is 5.59. The summed E-state index contributed by atoms with van der Waals surface area (Å²) >= 11 is 0. The summed E-state index contributed by atoms with van der Waals surface area (Å²) in [5.74, 6) is -1.30. The molecule has 0 spiro atoms. The number of carbonyl (C=O) groups excluding carboxylic acids is 2. The number of rotatable bonds is 9. The van der Waals surface area contributed by atoms with E-state index in [4.69, 9.17) is 9.47 Å². The summed E-state index contributed by atoms with van der Waals surface area (Å²) in [6.45, 7) is 3.78. The Morgan fingerprint density at radius 2 is 1.14 bits per heavy atom. The molecule has 37 heavy (non-hydrogen) atoms. The van der Waals surface area contributed by atoms with Gasteiger partial charge in [0, 0.05) is 23.3 Å². The summed E-state index contributed by atoms with van der Waals surface area (Å²) < 4.78 is 12.1. The van der Waals surface area contributed by atoms with E-state index >= 15 is 0 Å². The fourth-order valence-corrected chi connectivity index (χ4v) is 3.92. The van der Waals surface area contributed by atoms with E-state index in [2.05, 4.69) is 29.7 Å². The van der Waals surface area contributed by atoms with E-state index in [9.17, 15) is 9.59 Å². The van der Waals surface area contributed by atoms with E-state index in [1.165, 1.54) is 0 Å². The molecule has 0 radical (unpaired) electrons. The standard InChI is InChI=1S/C31H28N2O4/c1-3-36-30(34)22-27(31(35)37-4-2)32-33-28(24-16-10-6-11-17-24)20-26(23-14-8-5-9-15-23)21-29(33)25-18-12-7-13-19-25/h5-22H,3-4H2,1-2H3/p+1. The van der Waals surface area contributed by atoms with Crippen molar-refractivity contribution in [3.8, 4) is 33.6 Å². The maximum Gasteiger partial charge on any atom is 0.360 e. The molecule has 4 rings (SSSR count). The van der Waals surface area contributed by atoms with Gasteiger partial charge in [-0.05, 0) is 49.2 Å². The number of benzene rings is 3. The minimum atomic E-state index is -0.659. The zero-order valence-electron chi connectivity index (χ0n) is 20.9. The van der Waals surface area contributed by atoms with E-state index in [0.29, 0.717) is 0 Å². The van der Waals surface area contributed by atoms with Crippen LogP contribution in [-0.4, -0.2) is 25.2 Å². The predicted octanol–water partition coefficient (Wildman–Crippen LogP) is 5.53. The van der Waals surface area contributed by atoms with E-state index in [1.54, 1.807) is 18.5 Å². The Hall–Kier alpha value is -4.71. The van der Waals surface area contributed by atoms with Crippen LogP contribution in [0.25, 0.3) is 33.6 Å². The van der Waals surface area contributed by atoms with Gasteiger partial charge < -0.3 is 9.47 Å². The van der Waals surface area contributed by atoms with Crippen LogP contribution in [0, 0.1) is 0 Å². The number of nitrogens with one attached hydrogen (secondary N) is 1. The van der Waals surface area contributed by atoms with Gasteiger partial charge in [0.25, 0.3) is 0 Å². The van der Waals surface area contributed by atoms with Crippen molar-refractivity contribution in [2.24, 2.45) is 0 Å². The molecule has 0 amide bonds. The zero-order valence-corrected chi connectivity index (χ0v) is 20.9. The highest BCUT2D eigenvalue weighted by atomic mass is 16.5. The molecule has 0 aliphatic heterocycles. The van der Waals surface area contributed by atoms with E-state index in [-0.39, 0.29) is 18.9 Å². The summed E-state index contributed by atoms with van der Waals surface area (Å²) in [7, 11) is 0. The predicted molar refractivity (Wildman–Crippen MR) is 144 cm³/mol.